The van der Waals surface area contributed by atoms with E-state index in [2.05, 4.69) is 43.3 Å². The van der Waals surface area contributed by atoms with Crippen LogP contribution in [-0.2, 0) is 0 Å². The van der Waals surface area contributed by atoms with Gasteiger partial charge in [0.1, 0.15) is 0 Å². The van der Waals surface area contributed by atoms with E-state index < -0.39 is 0 Å². The fourth-order valence-electron chi connectivity index (χ4n) is 3.40. The summed E-state index contributed by atoms with van der Waals surface area (Å²) in [5.41, 5.74) is 2.86. The summed E-state index contributed by atoms with van der Waals surface area (Å²) >= 11 is 0. The van der Waals surface area contributed by atoms with Crippen LogP contribution >= 0.6 is 0 Å². The van der Waals surface area contributed by atoms with E-state index in [1.807, 2.05) is 13.1 Å². The van der Waals surface area contributed by atoms with Gasteiger partial charge in [0.25, 0.3) is 0 Å². The molecule has 1 heterocycles. The molecular formula is C16H26N2. The van der Waals surface area contributed by atoms with Gasteiger partial charge in [0.05, 0.1) is 0 Å². The molecule has 0 spiro atoms. The van der Waals surface area contributed by atoms with Crippen LogP contribution in [-0.4, -0.2) is 12.0 Å². The predicted molar refractivity (Wildman–Crippen MR) is 76.5 cm³/mol. The van der Waals surface area contributed by atoms with Gasteiger partial charge in [-0.25, -0.2) is 0 Å². The molecule has 0 bridgehead atoms. The number of hydrogen-bond donors (Lipinski definition) is 1. The monoisotopic (exact) mass is 246 g/mol. The van der Waals surface area contributed by atoms with Crippen LogP contribution in [0.4, 0.5) is 0 Å². The van der Waals surface area contributed by atoms with E-state index in [-0.39, 0.29) is 0 Å². The Morgan fingerprint density at radius 3 is 2.67 bits per heavy atom. The van der Waals surface area contributed by atoms with E-state index >= 15 is 0 Å². The Kier molecular flexibility index (Phi) is 4.06. The van der Waals surface area contributed by atoms with Gasteiger partial charge in [-0.3, -0.25) is 4.98 Å². The fraction of sp³-hybridized carbons (Fsp3) is 0.688. The van der Waals surface area contributed by atoms with E-state index in [9.17, 15) is 0 Å². The molecule has 2 nitrogen and oxygen atoms in total. The molecule has 1 aliphatic rings. The summed E-state index contributed by atoms with van der Waals surface area (Å²) in [6.07, 6.45) is 7.46. The molecule has 0 saturated heterocycles. The summed E-state index contributed by atoms with van der Waals surface area (Å²) in [6.45, 7) is 6.88. The third-order valence-corrected chi connectivity index (χ3v) is 4.60. The molecule has 2 heteroatoms. The van der Waals surface area contributed by atoms with Crippen LogP contribution in [0.5, 0.6) is 0 Å². The minimum atomic E-state index is 0.427. The Hall–Kier alpha value is -0.890. The van der Waals surface area contributed by atoms with Crippen molar-refractivity contribution in [1.29, 1.82) is 0 Å². The summed E-state index contributed by atoms with van der Waals surface area (Å²) in [7, 11) is 2.08. The first kappa shape index (κ1) is 13.5. The number of nitrogens with zero attached hydrogens (tertiary/aromatic N) is 1. The highest BCUT2D eigenvalue weighted by Gasteiger charge is 2.37. The van der Waals surface area contributed by atoms with Crippen molar-refractivity contribution in [1.82, 2.24) is 10.3 Å². The first-order valence-electron chi connectivity index (χ1n) is 7.14. The van der Waals surface area contributed by atoms with Gasteiger partial charge in [0.15, 0.2) is 0 Å². The van der Waals surface area contributed by atoms with Crippen LogP contribution < -0.4 is 5.32 Å². The highest BCUT2D eigenvalue weighted by molar-refractivity contribution is 5.19. The average Bonchev–Trinajstić information content (AvgIpc) is 2.34. The number of hydrogen-bond acceptors (Lipinski definition) is 2. The van der Waals surface area contributed by atoms with Crippen molar-refractivity contribution in [2.24, 2.45) is 11.3 Å². The third-order valence-electron chi connectivity index (χ3n) is 4.60. The van der Waals surface area contributed by atoms with Gasteiger partial charge in [0.2, 0.25) is 0 Å². The summed E-state index contributed by atoms with van der Waals surface area (Å²) in [4.78, 5) is 4.45. The first-order chi connectivity index (χ1) is 8.54. The zero-order valence-electron chi connectivity index (χ0n) is 12.2. The van der Waals surface area contributed by atoms with Gasteiger partial charge >= 0.3 is 0 Å². The van der Waals surface area contributed by atoms with Crippen LogP contribution in [0.3, 0.4) is 0 Å². The topological polar surface area (TPSA) is 24.9 Å². The number of aromatic nitrogens is 1. The maximum absolute atomic E-state index is 4.45. The van der Waals surface area contributed by atoms with Crippen LogP contribution in [0.2, 0.25) is 0 Å². The molecule has 100 valence electrons. The molecule has 0 radical (unpaired) electrons. The maximum atomic E-state index is 4.45. The third kappa shape index (κ3) is 2.74. The van der Waals surface area contributed by atoms with Crippen LogP contribution in [0.15, 0.2) is 18.3 Å². The molecule has 2 atom stereocenters. The molecular weight excluding hydrogens is 220 g/mol. The molecule has 18 heavy (non-hydrogen) atoms. The molecule has 0 amide bonds. The highest BCUT2D eigenvalue weighted by Crippen LogP contribution is 2.46. The summed E-state index contributed by atoms with van der Waals surface area (Å²) in [5, 5.41) is 3.52. The fourth-order valence-corrected chi connectivity index (χ4v) is 3.40. The lowest BCUT2D eigenvalue weighted by atomic mass is 9.65. The van der Waals surface area contributed by atoms with Crippen molar-refractivity contribution >= 4 is 0 Å². The second-order valence-electron chi connectivity index (χ2n) is 6.34. The van der Waals surface area contributed by atoms with Crippen molar-refractivity contribution in [2.75, 3.05) is 7.05 Å². The first-order valence-corrected chi connectivity index (χ1v) is 7.14. The lowest BCUT2D eigenvalue weighted by Gasteiger charge is -2.43. The molecule has 1 aromatic heterocycles. The van der Waals surface area contributed by atoms with Crippen LogP contribution in [0.25, 0.3) is 0 Å². The highest BCUT2D eigenvalue weighted by atomic mass is 14.9. The van der Waals surface area contributed by atoms with Crippen molar-refractivity contribution in [3.8, 4) is 0 Å². The summed E-state index contributed by atoms with van der Waals surface area (Å²) in [5.74, 6) is 0.709. The van der Waals surface area contributed by atoms with E-state index in [0.717, 1.165) is 5.69 Å². The quantitative estimate of drug-likeness (QED) is 0.876. The van der Waals surface area contributed by atoms with Crippen molar-refractivity contribution in [2.45, 2.75) is 52.5 Å². The van der Waals surface area contributed by atoms with Crippen molar-refractivity contribution in [3.63, 3.8) is 0 Å². The molecule has 0 aromatic carbocycles. The molecule has 2 unspecified atom stereocenters. The molecule has 1 fully saturated rings. The Balaban J connectivity index is 2.24. The summed E-state index contributed by atoms with van der Waals surface area (Å²) in [6, 6.07) is 4.79. The van der Waals surface area contributed by atoms with E-state index in [1.165, 1.54) is 31.2 Å². The number of pyridine rings is 1. The molecule has 1 aromatic rings. The van der Waals surface area contributed by atoms with Gasteiger partial charge < -0.3 is 5.32 Å². The van der Waals surface area contributed by atoms with Crippen molar-refractivity contribution in [3.05, 3.63) is 29.6 Å². The van der Waals surface area contributed by atoms with Crippen LogP contribution in [0.1, 0.15) is 56.8 Å². The van der Waals surface area contributed by atoms with Crippen molar-refractivity contribution < 1.29 is 0 Å². The molecule has 1 aliphatic carbocycles. The Morgan fingerprint density at radius 1 is 1.33 bits per heavy atom. The molecule has 1 N–H and O–H groups in total. The summed E-state index contributed by atoms with van der Waals surface area (Å²) < 4.78 is 0. The normalized spacial score (nSPS) is 24.8. The minimum absolute atomic E-state index is 0.427. The zero-order valence-corrected chi connectivity index (χ0v) is 12.2. The Labute approximate surface area is 111 Å². The van der Waals surface area contributed by atoms with Gasteiger partial charge in [0, 0.05) is 17.9 Å². The molecule has 1 saturated carbocycles. The number of rotatable bonds is 3. The second kappa shape index (κ2) is 5.40. The number of aryl methyl sites for hydroxylation is 1. The number of nitrogens with one attached hydrogen (secondary N) is 1. The second-order valence-corrected chi connectivity index (χ2v) is 6.34. The smallest absolute Gasteiger partial charge is 0.0372 e. The standard InChI is InChI=1S/C16H26N2/c1-12-8-9-13(11-18-12)15(17-4)14-7-5-6-10-16(14,2)3/h8-9,11,14-15,17H,5-7,10H2,1-4H3. The van der Waals surface area contributed by atoms with Gasteiger partial charge in [-0.05, 0) is 49.8 Å². The maximum Gasteiger partial charge on any atom is 0.0372 e. The lowest BCUT2D eigenvalue weighted by molar-refractivity contribution is 0.101. The SMILES string of the molecule is CNC(c1ccc(C)nc1)C1CCCCC1(C)C. The van der Waals surface area contributed by atoms with Gasteiger partial charge in [-0.2, -0.15) is 0 Å². The molecule has 2 rings (SSSR count). The molecule has 0 aliphatic heterocycles. The predicted octanol–water partition coefficient (Wildman–Crippen LogP) is 3.87. The lowest BCUT2D eigenvalue weighted by Crippen LogP contribution is -2.37. The van der Waals surface area contributed by atoms with Gasteiger partial charge in [-0.15, -0.1) is 0 Å². The zero-order chi connectivity index (χ0) is 13.2. The van der Waals surface area contributed by atoms with E-state index in [4.69, 9.17) is 0 Å². The van der Waals surface area contributed by atoms with E-state index in [0.29, 0.717) is 17.4 Å². The largest absolute Gasteiger partial charge is 0.313 e. The Bertz CT molecular complexity index is 381. The Morgan fingerprint density at radius 2 is 2.11 bits per heavy atom. The average molecular weight is 246 g/mol. The van der Waals surface area contributed by atoms with Gasteiger partial charge in [-0.1, -0.05) is 32.8 Å². The van der Waals surface area contributed by atoms with Crippen LogP contribution in [0, 0.1) is 18.3 Å². The van der Waals surface area contributed by atoms with E-state index in [1.54, 1.807) is 0 Å². The minimum Gasteiger partial charge on any atom is -0.313 e.